The van der Waals surface area contributed by atoms with E-state index >= 15 is 0 Å². The highest BCUT2D eigenvalue weighted by atomic mass is 32.2. The van der Waals surface area contributed by atoms with Crippen LogP contribution in [0.3, 0.4) is 0 Å². The van der Waals surface area contributed by atoms with Gasteiger partial charge in [0.15, 0.2) is 0 Å². The average molecular weight is 311 g/mol. The summed E-state index contributed by atoms with van der Waals surface area (Å²) in [5.74, 6) is 0.624. The Hall–Kier alpha value is -1.23. The maximum atomic E-state index is 13.9. The van der Waals surface area contributed by atoms with Crippen molar-refractivity contribution in [1.82, 2.24) is 4.90 Å². The molecular weight excluding hydrogens is 289 g/mol. The Kier molecular flexibility index (Phi) is 5.14. The van der Waals surface area contributed by atoms with Gasteiger partial charge in [-0.05, 0) is 33.3 Å². The van der Waals surface area contributed by atoms with Crippen LogP contribution in [0.25, 0.3) is 0 Å². The van der Waals surface area contributed by atoms with Gasteiger partial charge >= 0.3 is 6.09 Å². The van der Waals surface area contributed by atoms with Gasteiger partial charge < -0.3 is 9.64 Å². The van der Waals surface area contributed by atoms with E-state index < -0.39 is 5.60 Å². The van der Waals surface area contributed by atoms with Crippen molar-refractivity contribution in [2.75, 3.05) is 18.8 Å². The first kappa shape index (κ1) is 16.1. The molecule has 0 saturated carbocycles. The van der Waals surface area contributed by atoms with Gasteiger partial charge in [-0.25, -0.2) is 9.18 Å². The number of nitrogens with zero attached hydrogens (tertiary/aromatic N) is 1. The third-order valence-electron chi connectivity index (χ3n) is 3.25. The number of halogens is 1. The topological polar surface area (TPSA) is 29.5 Å². The summed E-state index contributed by atoms with van der Waals surface area (Å²) in [4.78, 5) is 13.8. The quantitative estimate of drug-likeness (QED) is 0.777. The fourth-order valence-electron chi connectivity index (χ4n) is 2.26. The van der Waals surface area contributed by atoms with Gasteiger partial charge in [-0.2, -0.15) is 11.8 Å². The van der Waals surface area contributed by atoms with Crippen molar-refractivity contribution in [3.05, 3.63) is 35.6 Å². The van der Waals surface area contributed by atoms with Gasteiger partial charge in [0.25, 0.3) is 0 Å². The molecular formula is C16H22FNO2S. The van der Waals surface area contributed by atoms with Crippen molar-refractivity contribution in [3.63, 3.8) is 0 Å². The number of ether oxygens (including phenoxy) is 1. The molecule has 1 saturated heterocycles. The van der Waals surface area contributed by atoms with Crippen LogP contribution < -0.4 is 0 Å². The molecule has 0 N–H and O–H groups in total. The molecule has 1 aromatic carbocycles. The van der Waals surface area contributed by atoms with E-state index in [4.69, 9.17) is 4.74 Å². The van der Waals surface area contributed by atoms with Crippen molar-refractivity contribution in [2.45, 2.75) is 38.0 Å². The Morgan fingerprint density at radius 1 is 1.33 bits per heavy atom. The number of benzene rings is 1. The largest absolute Gasteiger partial charge is 0.444 e. The Labute approximate surface area is 129 Å². The number of amides is 1. The Morgan fingerprint density at radius 2 is 2.05 bits per heavy atom. The molecule has 1 unspecified atom stereocenters. The first-order valence-corrected chi connectivity index (χ1v) is 8.25. The number of carbonyl (C=O) groups is 1. The minimum atomic E-state index is -0.485. The first-order valence-electron chi connectivity index (χ1n) is 7.21. The first-order chi connectivity index (χ1) is 9.87. The maximum Gasteiger partial charge on any atom is 0.410 e. The summed E-state index contributed by atoms with van der Waals surface area (Å²) in [6.45, 7) is 6.82. The highest BCUT2D eigenvalue weighted by Gasteiger charge is 2.26. The van der Waals surface area contributed by atoms with Gasteiger partial charge in [-0.3, -0.25) is 0 Å². The fourth-order valence-corrected chi connectivity index (χ4v) is 3.52. The van der Waals surface area contributed by atoms with Crippen LogP contribution in [0.15, 0.2) is 24.3 Å². The zero-order valence-corrected chi connectivity index (χ0v) is 13.6. The van der Waals surface area contributed by atoms with E-state index in [0.29, 0.717) is 13.1 Å². The van der Waals surface area contributed by atoms with Crippen LogP contribution in [-0.4, -0.2) is 35.4 Å². The Morgan fingerprint density at radius 3 is 2.71 bits per heavy atom. The number of thioether (sulfide) groups is 1. The monoisotopic (exact) mass is 311 g/mol. The van der Waals surface area contributed by atoms with Crippen molar-refractivity contribution in [1.29, 1.82) is 0 Å². The molecule has 0 aliphatic carbocycles. The zero-order valence-electron chi connectivity index (χ0n) is 12.8. The molecule has 1 aliphatic rings. The molecule has 0 spiro atoms. The highest BCUT2D eigenvalue weighted by Crippen LogP contribution is 2.35. The molecule has 116 valence electrons. The lowest BCUT2D eigenvalue weighted by Gasteiger charge is -2.26. The lowest BCUT2D eigenvalue weighted by Crippen LogP contribution is -2.38. The molecule has 21 heavy (non-hydrogen) atoms. The molecule has 0 aromatic heterocycles. The number of hydrogen-bond acceptors (Lipinski definition) is 3. The van der Waals surface area contributed by atoms with E-state index in [9.17, 15) is 9.18 Å². The molecule has 5 heteroatoms. The predicted molar refractivity (Wildman–Crippen MR) is 84.0 cm³/mol. The van der Waals surface area contributed by atoms with Crippen LogP contribution in [0.1, 0.15) is 38.0 Å². The molecule has 0 radical (unpaired) electrons. The molecule has 2 rings (SSSR count). The summed E-state index contributed by atoms with van der Waals surface area (Å²) in [6.07, 6.45) is 0.461. The molecule has 0 bridgehead atoms. The third kappa shape index (κ3) is 4.63. The minimum absolute atomic E-state index is 0.0960. The second kappa shape index (κ2) is 6.69. The number of carbonyl (C=O) groups excluding carboxylic acids is 1. The molecule has 3 nitrogen and oxygen atoms in total. The number of hydrogen-bond donors (Lipinski definition) is 0. The Bertz CT molecular complexity index is 501. The molecule has 1 aliphatic heterocycles. The second-order valence-corrected chi connectivity index (χ2v) is 7.45. The summed E-state index contributed by atoms with van der Waals surface area (Å²) in [5, 5.41) is 0.0960. The van der Waals surface area contributed by atoms with Crippen molar-refractivity contribution in [2.24, 2.45) is 0 Å². The lowest BCUT2D eigenvalue weighted by atomic mass is 10.1. The van der Waals surface area contributed by atoms with E-state index in [0.717, 1.165) is 17.7 Å². The summed E-state index contributed by atoms with van der Waals surface area (Å²) in [7, 11) is 0. The molecule has 1 amide bonds. The predicted octanol–water partition coefficient (Wildman–Crippen LogP) is 4.24. The standard InChI is InChI=1S/C16H22FNO2S/c1-16(2,3)20-15(19)18-9-8-14(21-11-10-18)12-6-4-5-7-13(12)17/h4-7,14H,8-11H2,1-3H3. The SMILES string of the molecule is CC(C)(C)OC(=O)N1CCSC(c2ccccc2F)CC1. The minimum Gasteiger partial charge on any atom is -0.444 e. The Balaban J connectivity index is 1.99. The molecule has 1 fully saturated rings. The van der Waals surface area contributed by atoms with Gasteiger partial charge in [0, 0.05) is 29.7 Å². The number of rotatable bonds is 1. The van der Waals surface area contributed by atoms with Crippen molar-refractivity contribution >= 4 is 17.9 Å². The van der Waals surface area contributed by atoms with Crippen LogP contribution in [0.5, 0.6) is 0 Å². The van der Waals surface area contributed by atoms with E-state index in [1.54, 1.807) is 22.7 Å². The molecule has 1 atom stereocenters. The highest BCUT2D eigenvalue weighted by molar-refractivity contribution is 7.99. The van der Waals surface area contributed by atoms with Crippen molar-refractivity contribution in [3.8, 4) is 0 Å². The van der Waals surface area contributed by atoms with Gasteiger partial charge in [-0.1, -0.05) is 18.2 Å². The third-order valence-corrected chi connectivity index (χ3v) is 4.56. The van der Waals surface area contributed by atoms with Gasteiger partial charge in [0.05, 0.1) is 0 Å². The average Bonchev–Trinajstić information content (AvgIpc) is 2.63. The zero-order chi connectivity index (χ0) is 15.5. The van der Waals surface area contributed by atoms with Gasteiger partial charge in [0.1, 0.15) is 11.4 Å². The van der Waals surface area contributed by atoms with Gasteiger partial charge in [0.2, 0.25) is 0 Å². The van der Waals surface area contributed by atoms with E-state index in [2.05, 4.69) is 0 Å². The summed E-state index contributed by atoms with van der Waals surface area (Å²) in [6, 6.07) is 6.88. The molecule has 1 aromatic rings. The van der Waals surface area contributed by atoms with Crippen LogP contribution in [0, 0.1) is 5.82 Å². The summed E-state index contributed by atoms with van der Waals surface area (Å²) < 4.78 is 19.3. The second-order valence-electron chi connectivity index (χ2n) is 6.14. The fraction of sp³-hybridized carbons (Fsp3) is 0.562. The van der Waals surface area contributed by atoms with Gasteiger partial charge in [-0.15, -0.1) is 0 Å². The van der Waals surface area contributed by atoms with Crippen LogP contribution in [0.4, 0.5) is 9.18 Å². The lowest BCUT2D eigenvalue weighted by molar-refractivity contribution is 0.0263. The summed E-state index contributed by atoms with van der Waals surface area (Å²) >= 11 is 1.70. The van der Waals surface area contributed by atoms with Crippen LogP contribution in [-0.2, 0) is 4.74 Å². The maximum absolute atomic E-state index is 13.9. The smallest absolute Gasteiger partial charge is 0.410 e. The molecule has 1 heterocycles. The van der Waals surface area contributed by atoms with E-state index in [-0.39, 0.29) is 17.2 Å². The normalized spacial score (nSPS) is 20.0. The van der Waals surface area contributed by atoms with Crippen LogP contribution in [0.2, 0.25) is 0 Å². The van der Waals surface area contributed by atoms with E-state index in [1.807, 2.05) is 32.9 Å². The van der Waals surface area contributed by atoms with Crippen molar-refractivity contribution < 1.29 is 13.9 Å². The van der Waals surface area contributed by atoms with Crippen LogP contribution >= 0.6 is 11.8 Å². The van der Waals surface area contributed by atoms with E-state index in [1.165, 1.54) is 6.07 Å². The summed E-state index contributed by atoms with van der Waals surface area (Å²) in [5.41, 5.74) is 0.245.